The molecule has 0 amide bonds. The number of para-hydroxylation sites is 1. The summed E-state index contributed by atoms with van der Waals surface area (Å²) in [4.78, 5) is 0. The number of hydrogen-bond donors (Lipinski definition) is 0. The van der Waals surface area contributed by atoms with Gasteiger partial charge in [0.1, 0.15) is 18.4 Å². The molecule has 2 rings (SSSR count). The average molecular weight is 213 g/mol. The average Bonchev–Trinajstić information content (AvgIpc) is 2.73. The van der Waals surface area contributed by atoms with E-state index < -0.39 is 0 Å². The van der Waals surface area contributed by atoms with E-state index in [0.717, 1.165) is 5.69 Å². The van der Waals surface area contributed by atoms with Crippen molar-refractivity contribution in [2.45, 2.75) is 6.61 Å². The van der Waals surface area contributed by atoms with Gasteiger partial charge in [-0.05, 0) is 18.2 Å². The molecule has 0 unspecified atom stereocenters. The molecule has 4 heteroatoms. The molecule has 0 N–H and O–H groups in total. The summed E-state index contributed by atoms with van der Waals surface area (Å²) in [5.74, 6) is 0.593. The van der Waals surface area contributed by atoms with E-state index in [1.807, 2.05) is 31.4 Å². The van der Waals surface area contributed by atoms with Crippen molar-refractivity contribution < 1.29 is 4.74 Å². The van der Waals surface area contributed by atoms with Crippen LogP contribution in [0.4, 0.5) is 0 Å². The maximum atomic E-state index is 8.87. The first kappa shape index (κ1) is 10.2. The first-order valence-corrected chi connectivity index (χ1v) is 4.90. The lowest BCUT2D eigenvalue weighted by molar-refractivity contribution is 0.299. The second-order valence-electron chi connectivity index (χ2n) is 3.38. The summed E-state index contributed by atoms with van der Waals surface area (Å²) in [6.07, 6.45) is 1.86. The van der Waals surface area contributed by atoms with Crippen molar-refractivity contribution >= 4 is 0 Å². The number of aromatic nitrogens is 2. The highest BCUT2D eigenvalue weighted by Crippen LogP contribution is 2.17. The monoisotopic (exact) mass is 213 g/mol. The Morgan fingerprint density at radius 2 is 2.19 bits per heavy atom. The third-order valence-corrected chi connectivity index (χ3v) is 2.15. The van der Waals surface area contributed by atoms with Crippen molar-refractivity contribution in [2.24, 2.45) is 7.05 Å². The SMILES string of the molecule is Cn1ccc(COc2ccccc2C#N)n1. The minimum absolute atomic E-state index is 0.375. The van der Waals surface area contributed by atoms with Gasteiger partial charge in [0.25, 0.3) is 0 Å². The predicted octanol–water partition coefficient (Wildman–Crippen LogP) is 1.87. The number of aryl methyl sites for hydroxylation is 1. The van der Waals surface area contributed by atoms with Gasteiger partial charge in [0, 0.05) is 13.2 Å². The number of nitriles is 1. The fraction of sp³-hybridized carbons (Fsp3) is 0.167. The minimum atomic E-state index is 0.375. The van der Waals surface area contributed by atoms with Gasteiger partial charge < -0.3 is 4.74 Å². The fourth-order valence-electron chi connectivity index (χ4n) is 1.38. The first-order chi connectivity index (χ1) is 7.79. The van der Waals surface area contributed by atoms with Gasteiger partial charge in [-0.15, -0.1) is 0 Å². The molecular formula is C12H11N3O. The molecule has 0 saturated carbocycles. The Hall–Kier alpha value is -2.28. The molecule has 80 valence electrons. The Labute approximate surface area is 93.7 Å². The number of nitrogens with zero attached hydrogens (tertiary/aromatic N) is 3. The third-order valence-electron chi connectivity index (χ3n) is 2.15. The van der Waals surface area contributed by atoms with Crippen LogP contribution in [0.5, 0.6) is 5.75 Å². The van der Waals surface area contributed by atoms with Gasteiger partial charge >= 0.3 is 0 Å². The maximum absolute atomic E-state index is 8.87. The Kier molecular flexibility index (Phi) is 2.88. The number of ether oxygens (including phenoxy) is 1. The smallest absolute Gasteiger partial charge is 0.137 e. The van der Waals surface area contributed by atoms with Crippen LogP contribution in [0.3, 0.4) is 0 Å². The molecule has 0 saturated heterocycles. The van der Waals surface area contributed by atoms with E-state index in [-0.39, 0.29) is 0 Å². The van der Waals surface area contributed by atoms with Crippen LogP contribution >= 0.6 is 0 Å². The van der Waals surface area contributed by atoms with Crippen LogP contribution < -0.4 is 4.74 Å². The molecule has 2 aromatic rings. The van der Waals surface area contributed by atoms with E-state index in [1.165, 1.54) is 0 Å². The topological polar surface area (TPSA) is 50.8 Å². The first-order valence-electron chi connectivity index (χ1n) is 4.90. The van der Waals surface area contributed by atoms with Crippen molar-refractivity contribution in [3.8, 4) is 11.8 Å². The van der Waals surface area contributed by atoms with Crippen LogP contribution in [-0.4, -0.2) is 9.78 Å². The quantitative estimate of drug-likeness (QED) is 0.782. The summed E-state index contributed by atoms with van der Waals surface area (Å²) in [6.45, 7) is 0.375. The minimum Gasteiger partial charge on any atom is -0.486 e. The van der Waals surface area contributed by atoms with Gasteiger partial charge in [0.05, 0.1) is 11.3 Å². The molecule has 1 aromatic carbocycles. The normalized spacial score (nSPS) is 9.75. The highest BCUT2D eigenvalue weighted by molar-refractivity contribution is 5.42. The Balaban J connectivity index is 2.08. The summed E-state index contributed by atoms with van der Waals surface area (Å²) >= 11 is 0. The van der Waals surface area contributed by atoms with E-state index >= 15 is 0 Å². The Morgan fingerprint density at radius 1 is 1.38 bits per heavy atom. The maximum Gasteiger partial charge on any atom is 0.137 e. The number of benzene rings is 1. The second kappa shape index (κ2) is 4.49. The van der Waals surface area contributed by atoms with Gasteiger partial charge in [0.15, 0.2) is 0 Å². The summed E-state index contributed by atoms with van der Waals surface area (Å²) in [5.41, 5.74) is 1.38. The van der Waals surface area contributed by atoms with Crippen molar-refractivity contribution in [2.75, 3.05) is 0 Å². The highest BCUT2D eigenvalue weighted by atomic mass is 16.5. The van der Waals surface area contributed by atoms with Gasteiger partial charge in [-0.1, -0.05) is 12.1 Å². The largest absolute Gasteiger partial charge is 0.486 e. The molecule has 0 aliphatic rings. The zero-order chi connectivity index (χ0) is 11.4. The second-order valence-corrected chi connectivity index (χ2v) is 3.38. The zero-order valence-corrected chi connectivity index (χ0v) is 8.92. The van der Waals surface area contributed by atoms with Crippen molar-refractivity contribution in [1.29, 1.82) is 5.26 Å². The van der Waals surface area contributed by atoms with Gasteiger partial charge in [-0.2, -0.15) is 10.4 Å². The fourth-order valence-corrected chi connectivity index (χ4v) is 1.38. The molecule has 0 bridgehead atoms. The lowest BCUT2D eigenvalue weighted by Crippen LogP contribution is -1.99. The molecular weight excluding hydrogens is 202 g/mol. The molecule has 16 heavy (non-hydrogen) atoms. The predicted molar refractivity (Wildman–Crippen MR) is 58.7 cm³/mol. The van der Waals surface area contributed by atoms with Gasteiger partial charge in [-0.3, -0.25) is 4.68 Å². The van der Waals surface area contributed by atoms with Crippen LogP contribution in [0, 0.1) is 11.3 Å². The molecule has 1 aromatic heterocycles. The van der Waals surface area contributed by atoms with Gasteiger partial charge in [0.2, 0.25) is 0 Å². The molecule has 0 fully saturated rings. The molecule has 0 spiro atoms. The van der Waals surface area contributed by atoms with Gasteiger partial charge in [-0.25, -0.2) is 0 Å². The number of hydrogen-bond acceptors (Lipinski definition) is 3. The highest BCUT2D eigenvalue weighted by Gasteiger charge is 2.03. The molecule has 4 nitrogen and oxygen atoms in total. The Bertz CT molecular complexity index is 525. The van der Waals surface area contributed by atoms with Crippen molar-refractivity contribution in [3.63, 3.8) is 0 Å². The summed E-state index contributed by atoms with van der Waals surface area (Å²) in [7, 11) is 1.85. The number of rotatable bonds is 3. The summed E-state index contributed by atoms with van der Waals surface area (Å²) in [6, 6.07) is 11.1. The third kappa shape index (κ3) is 2.20. The molecule has 0 radical (unpaired) electrons. The van der Waals surface area contributed by atoms with Crippen LogP contribution in [0.25, 0.3) is 0 Å². The molecule has 0 aliphatic carbocycles. The van der Waals surface area contributed by atoms with E-state index in [9.17, 15) is 0 Å². The van der Waals surface area contributed by atoms with Crippen LogP contribution in [0.2, 0.25) is 0 Å². The zero-order valence-electron chi connectivity index (χ0n) is 8.92. The molecule has 1 heterocycles. The molecule has 0 atom stereocenters. The van der Waals surface area contributed by atoms with E-state index in [0.29, 0.717) is 17.9 Å². The van der Waals surface area contributed by atoms with E-state index in [1.54, 1.807) is 16.8 Å². The summed E-state index contributed by atoms with van der Waals surface area (Å²) < 4.78 is 7.25. The van der Waals surface area contributed by atoms with Crippen LogP contribution in [-0.2, 0) is 13.7 Å². The van der Waals surface area contributed by atoms with Crippen molar-refractivity contribution in [1.82, 2.24) is 9.78 Å². The Morgan fingerprint density at radius 3 is 2.88 bits per heavy atom. The van der Waals surface area contributed by atoms with E-state index in [4.69, 9.17) is 10.00 Å². The van der Waals surface area contributed by atoms with Crippen LogP contribution in [0.1, 0.15) is 11.3 Å². The lowest BCUT2D eigenvalue weighted by atomic mass is 10.2. The van der Waals surface area contributed by atoms with Crippen LogP contribution in [0.15, 0.2) is 36.5 Å². The van der Waals surface area contributed by atoms with Crippen molar-refractivity contribution in [3.05, 3.63) is 47.8 Å². The molecule has 0 aliphatic heterocycles. The van der Waals surface area contributed by atoms with E-state index in [2.05, 4.69) is 11.2 Å². The lowest BCUT2D eigenvalue weighted by Gasteiger charge is -2.05. The standard InChI is InChI=1S/C12H11N3O/c1-15-7-6-11(14-15)9-16-12-5-3-2-4-10(12)8-13/h2-7H,9H2,1H3. The summed E-state index contributed by atoms with van der Waals surface area (Å²) in [5, 5.41) is 13.1.